The third kappa shape index (κ3) is 10.3. The minimum Gasteiger partial charge on any atom is -0.497 e. The number of ether oxygens (including phenoxy) is 1. The second kappa shape index (κ2) is 17.0. The first-order valence-electron chi connectivity index (χ1n) is 16.2. The maximum atomic E-state index is 13.9. The van der Waals surface area contributed by atoms with Gasteiger partial charge in [-0.15, -0.1) is 11.3 Å². The minimum absolute atomic E-state index is 0.00512. The summed E-state index contributed by atoms with van der Waals surface area (Å²) in [5, 5.41) is 13.3. The van der Waals surface area contributed by atoms with E-state index in [-0.39, 0.29) is 36.9 Å². The molecule has 3 aromatic rings. The van der Waals surface area contributed by atoms with Gasteiger partial charge in [0.1, 0.15) is 29.6 Å². The van der Waals surface area contributed by atoms with Crippen molar-refractivity contribution in [3.8, 4) is 16.6 Å². The molecule has 4 atom stereocenters. The van der Waals surface area contributed by atoms with Gasteiger partial charge in [-0.1, -0.05) is 39.8 Å². The Hall–Kier alpha value is -4.92. The molecule has 49 heavy (non-hydrogen) atoms. The van der Waals surface area contributed by atoms with Crippen LogP contribution in [-0.4, -0.2) is 93.8 Å². The van der Waals surface area contributed by atoms with Crippen LogP contribution >= 0.6 is 11.3 Å². The van der Waals surface area contributed by atoms with Gasteiger partial charge in [0.2, 0.25) is 23.6 Å². The second-order valence-corrected chi connectivity index (χ2v) is 13.6. The van der Waals surface area contributed by atoms with Crippen LogP contribution in [0, 0.1) is 11.8 Å². The van der Waals surface area contributed by atoms with Gasteiger partial charge in [-0.2, -0.15) is 0 Å². The number of carbonyl (C=O) groups is 5. The summed E-state index contributed by atoms with van der Waals surface area (Å²) in [7, 11) is 1.55. The van der Waals surface area contributed by atoms with Gasteiger partial charge in [-0.25, -0.2) is 15.0 Å². The lowest BCUT2D eigenvalue weighted by atomic mass is 10.0. The van der Waals surface area contributed by atoms with Crippen LogP contribution in [0.25, 0.3) is 10.8 Å². The number of nitrogens with zero attached hydrogens (tertiary/aromatic N) is 4. The Morgan fingerprint density at radius 2 is 1.61 bits per heavy atom. The number of hydrogen-bond acceptors (Lipinski definition) is 10. The molecule has 262 valence electrons. The first kappa shape index (κ1) is 36.9. The number of thiazole rings is 1. The van der Waals surface area contributed by atoms with Crippen molar-refractivity contribution in [2.45, 2.75) is 71.6 Å². The molecular weight excluding hydrogens is 648 g/mol. The molecule has 1 aliphatic rings. The summed E-state index contributed by atoms with van der Waals surface area (Å²) >= 11 is 1.19. The molecule has 1 fully saturated rings. The normalized spacial score (nSPS) is 21.3. The summed E-state index contributed by atoms with van der Waals surface area (Å²) in [5.41, 5.74) is 0.837. The zero-order chi connectivity index (χ0) is 35.7. The Kier molecular flexibility index (Phi) is 12.8. The van der Waals surface area contributed by atoms with Crippen molar-refractivity contribution < 1.29 is 28.7 Å². The number of nitrogens with one attached hydrogen (secondary N) is 4. The third-order valence-electron chi connectivity index (χ3n) is 7.99. The predicted octanol–water partition coefficient (Wildman–Crippen LogP) is 1.97. The summed E-state index contributed by atoms with van der Waals surface area (Å²) in [6.07, 6.45) is 3.55. The lowest BCUT2D eigenvalue weighted by Crippen LogP contribution is -2.57. The number of amides is 5. The lowest BCUT2D eigenvalue weighted by Gasteiger charge is -2.31. The standard InChI is InChI=1S/C34H44N8O6S/c1-19(2)14-24-32(46)39-25(15-22-8-10-23(48-6)11-9-22)31(45)37-21(5)30(44)40-26(20(3)4)16-42(17-28(43)38-24)34(47)27-18-49-33(41-27)29-35-12-7-13-36-29/h7-13,18-21,24-26H,14-17H2,1-6H3,(H,37,45)(H,38,43)(H,39,46)(H,40,44)/t21-,24+,25+,26-/m1/s1. The molecule has 0 spiro atoms. The van der Waals surface area contributed by atoms with Crippen LogP contribution < -0.4 is 26.0 Å². The zero-order valence-corrected chi connectivity index (χ0v) is 29.4. The van der Waals surface area contributed by atoms with E-state index in [0.29, 0.717) is 16.6 Å². The van der Waals surface area contributed by atoms with E-state index in [4.69, 9.17) is 4.74 Å². The van der Waals surface area contributed by atoms with Gasteiger partial charge >= 0.3 is 0 Å². The van der Waals surface area contributed by atoms with E-state index in [1.807, 2.05) is 27.7 Å². The molecule has 3 heterocycles. The van der Waals surface area contributed by atoms with Crippen molar-refractivity contribution in [1.82, 2.24) is 41.1 Å². The molecule has 4 rings (SSSR count). The summed E-state index contributed by atoms with van der Waals surface area (Å²) in [5.74, 6) is -1.89. The average Bonchev–Trinajstić information content (AvgIpc) is 3.57. The average molecular weight is 693 g/mol. The number of methoxy groups -OCH3 is 1. The van der Waals surface area contributed by atoms with Crippen LogP contribution in [-0.2, 0) is 25.6 Å². The van der Waals surface area contributed by atoms with Crippen molar-refractivity contribution >= 4 is 40.9 Å². The highest BCUT2D eigenvalue weighted by Gasteiger charge is 2.33. The Bertz CT molecular complexity index is 1610. The molecular formula is C34H44N8O6S. The Balaban J connectivity index is 1.66. The van der Waals surface area contributed by atoms with E-state index < -0.39 is 60.2 Å². The zero-order valence-electron chi connectivity index (χ0n) is 28.6. The van der Waals surface area contributed by atoms with E-state index in [1.165, 1.54) is 16.2 Å². The summed E-state index contributed by atoms with van der Waals surface area (Å²) in [6, 6.07) is 5.12. The molecule has 0 saturated carbocycles. The molecule has 5 amide bonds. The van der Waals surface area contributed by atoms with Crippen molar-refractivity contribution in [2.75, 3.05) is 20.2 Å². The fourth-order valence-corrected chi connectivity index (χ4v) is 5.95. The number of rotatable bonds is 8. The van der Waals surface area contributed by atoms with Crippen LogP contribution in [0.1, 0.15) is 57.1 Å². The maximum absolute atomic E-state index is 13.9. The SMILES string of the molecule is COc1ccc(C[C@@H]2NC(=O)[C@H](CC(C)C)NC(=O)CN(C(=O)c3csc(-c4ncccn4)n3)C[C@H](C(C)C)NC(=O)[C@@H](C)NC2=O)cc1. The van der Waals surface area contributed by atoms with Gasteiger partial charge in [0.15, 0.2) is 10.8 Å². The van der Waals surface area contributed by atoms with Gasteiger partial charge in [0, 0.05) is 36.8 Å². The molecule has 15 heteroatoms. The molecule has 1 aliphatic heterocycles. The monoisotopic (exact) mass is 692 g/mol. The Morgan fingerprint density at radius 1 is 0.939 bits per heavy atom. The van der Waals surface area contributed by atoms with Crippen molar-refractivity contribution in [1.29, 1.82) is 0 Å². The van der Waals surface area contributed by atoms with Crippen molar-refractivity contribution in [2.24, 2.45) is 11.8 Å². The third-order valence-corrected chi connectivity index (χ3v) is 8.83. The van der Waals surface area contributed by atoms with Crippen LogP contribution in [0.2, 0.25) is 0 Å². The molecule has 0 unspecified atom stereocenters. The number of hydrogen-bond donors (Lipinski definition) is 4. The molecule has 2 aromatic heterocycles. The van der Waals surface area contributed by atoms with Crippen LogP contribution in [0.3, 0.4) is 0 Å². The van der Waals surface area contributed by atoms with Gasteiger partial charge in [-0.05, 0) is 48.9 Å². The molecule has 4 N–H and O–H groups in total. The molecule has 0 aliphatic carbocycles. The molecule has 1 saturated heterocycles. The molecule has 14 nitrogen and oxygen atoms in total. The van der Waals surface area contributed by atoms with Gasteiger partial charge in [0.05, 0.1) is 13.7 Å². The number of carbonyl (C=O) groups excluding carboxylic acids is 5. The first-order valence-corrected chi connectivity index (χ1v) is 17.1. The summed E-state index contributed by atoms with van der Waals surface area (Å²) in [6.45, 7) is 8.69. The highest BCUT2D eigenvalue weighted by atomic mass is 32.1. The fourth-order valence-electron chi connectivity index (χ4n) is 5.21. The van der Waals surface area contributed by atoms with E-state index in [1.54, 1.807) is 62.1 Å². The molecule has 0 radical (unpaired) electrons. The Morgan fingerprint density at radius 3 is 2.24 bits per heavy atom. The van der Waals surface area contributed by atoms with E-state index in [0.717, 1.165) is 5.56 Å². The first-order chi connectivity index (χ1) is 23.3. The second-order valence-electron chi connectivity index (χ2n) is 12.7. The van der Waals surface area contributed by atoms with Gasteiger partial charge in [0.25, 0.3) is 5.91 Å². The Labute approximate surface area is 289 Å². The molecule has 1 aromatic carbocycles. The lowest BCUT2D eigenvalue weighted by molar-refractivity contribution is -0.133. The topological polar surface area (TPSA) is 185 Å². The minimum atomic E-state index is -1.06. The maximum Gasteiger partial charge on any atom is 0.273 e. The number of aromatic nitrogens is 3. The van der Waals surface area contributed by atoms with Crippen LogP contribution in [0.5, 0.6) is 5.75 Å². The quantitative estimate of drug-likeness (QED) is 0.274. The largest absolute Gasteiger partial charge is 0.497 e. The van der Waals surface area contributed by atoms with Crippen LogP contribution in [0.15, 0.2) is 48.1 Å². The summed E-state index contributed by atoms with van der Waals surface area (Å²) < 4.78 is 5.24. The van der Waals surface area contributed by atoms with Crippen molar-refractivity contribution in [3.05, 3.63) is 59.4 Å². The highest BCUT2D eigenvalue weighted by Crippen LogP contribution is 2.21. The van der Waals surface area contributed by atoms with Gasteiger partial charge < -0.3 is 30.9 Å². The number of benzene rings is 1. The predicted molar refractivity (Wildman–Crippen MR) is 183 cm³/mol. The van der Waals surface area contributed by atoms with Crippen LogP contribution in [0.4, 0.5) is 0 Å². The van der Waals surface area contributed by atoms with E-state index in [9.17, 15) is 24.0 Å². The van der Waals surface area contributed by atoms with E-state index in [2.05, 4.69) is 36.2 Å². The molecule has 0 bridgehead atoms. The van der Waals surface area contributed by atoms with Gasteiger partial charge in [-0.3, -0.25) is 24.0 Å². The smallest absolute Gasteiger partial charge is 0.273 e. The van der Waals surface area contributed by atoms with Crippen molar-refractivity contribution in [3.63, 3.8) is 0 Å². The summed E-state index contributed by atoms with van der Waals surface area (Å²) in [4.78, 5) is 82.4. The fraction of sp³-hybridized carbons (Fsp3) is 0.471. The van der Waals surface area contributed by atoms with E-state index >= 15 is 0 Å². The highest BCUT2D eigenvalue weighted by molar-refractivity contribution is 7.13.